The van der Waals surface area contributed by atoms with Crippen LogP contribution in [0.3, 0.4) is 0 Å². The quantitative estimate of drug-likeness (QED) is 0.753. The summed E-state index contributed by atoms with van der Waals surface area (Å²) < 4.78 is 16.0. The van der Waals surface area contributed by atoms with E-state index in [0.29, 0.717) is 12.2 Å². The summed E-state index contributed by atoms with van der Waals surface area (Å²) in [5, 5.41) is 2.95. The van der Waals surface area contributed by atoms with Crippen LogP contribution in [0, 0.1) is 5.82 Å². The second-order valence-corrected chi connectivity index (χ2v) is 8.47. The third-order valence-electron chi connectivity index (χ3n) is 4.17. The van der Waals surface area contributed by atoms with Gasteiger partial charge < -0.3 is 0 Å². The van der Waals surface area contributed by atoms with Gasteiger partial charge in [0.25, 0.3) is 0 Å². The summed E-state index contributed by atoms with van der Waals surface area (Å²) in [6.07, 6.45) is 7.08. The van der Waals surface area contributed by atoms with E-state index in [1.165, 1.54) is 29.0 Å². The second kappa shape index (κ2) is 8.93. The standard InChI is InChI=1S/C20H21FN2OSe/c21-16-7-5-8-17(14-16)25-19-10-2-1-6-15(19)11-13-23-20(24)18-9-3-4-12-22-18/h3-5,7-9,12,14H,1-2,6,10-11,13H2,(H,23,24). The van der Waals surface area contributed by atoms with E-state index in [1.807, 2.05) is 12.1 Å². The molecule has 0 saturated carbocycles. The molecule has 0 bridgehead atoms. The number of allylic oxidation sites excluding steroid dienone is 1. The van der Waals surface area contributed by atoms with Crippen LogP contribution in [0.2, 0.25) is 0 Å². The van der Waals surface area contributed by atoms with Crippen molar-refractivity contribution in [2.75, 3.05) is 6.54 Å². The average Bonchev–Trinajstić information content (AvgIpc) is 2.64. The van der Waals surface area contributed by atoms with Crippen LogP contribution in [0.15, 0.2) is 58.7 Å². The van der Waals surface area contributed by atoms with Crippen molar-refractivity contribution < 1.29 is 9.18 Å². The molecule has 1 aliphatic carbocycles. The Hall–Kier alpha value is -1.97. The molecule has 0 unspecified atom stereocenters. The predicted molar refractivity (Wildman–Crippen MR) is 98.5 cm³/mol. The van der Waals surface area contributed by atoms with Gasteiger partial charge in [0.1, 0.15) is 0 Å². The van der Waals surface area contributed by atoms with Gasteiger partial charge in [0.15, 0.2) is 0 Å². The minimum absolute atomic E-state index is 0.130. The molecule has 2 aromatic rings. The Balaban J connectivity index is 1.60. The summed E-state index contributed by atoms with van der Waals surface area (Å²) in [5.41, 5.74) is 1.89. The Morgan fingerprint density at radius 2 is 2.04 bits per heavy atom. The first-order chi connectivity index (χ1) is 12.2. The first-order valence-electron chi connectivity index (χ1n) is 8.56. The molecule has 5 heteroatoms. The molecule has 0 radical (unpaired) electrons. The number of pyridine rings is 1. The van der Waals surface area contributed by atoms with Crippen LogP contribution in [-0.2, 0) is 0 Å². The average molecular weight is 403 g/mol. The number of nitrogens with zero attached hydrogens (tertiary/aromatic N) is 1. The van der Waals surface area contributed by atoms with Crippen LogP contribution in [0.25, 0.3) is 0 Å². The molecule has 0 fully saturated rings. The van der Waals surface area contributed by atoms with Crippen LogP contribution in [-0.4, -0.2) is 32.4 Å². The zero-order chi connectivity index (χ0) is 17.5. The molecule has 0 aliphatic heterocycles. The van der Waals surface area contributed by atoms with Crippen LogP contribution in [0.5, 0.6) is 0 Å². The Kier molecular flexibility index (Phi) is 6.37. The molecular formula is C20H21FN2OSe. The number of nitrogens with one attached hydrogen (secondary N) is 1. The number of halogens is 1. The first-order valence-corrected chi connectivity index (χ1v) is 10.3. The fraction of sp³-hybridized carbons (Fsp3) is 0.300. The number of carbonyl (C=O) groups is 1. The monoisotopic (exact) mass is 404 g/mol. The number of hydrogen-bond acceptors (Lipinski definition) is 2. The molecule has 0 spiro atoms. The molecule has 1 aromatic carbocycles. The second-order valence-electron chi connectivity index (χ2n) is 6.01. The summed E-state index contributed by atoms with van der Waals surface area (Å²) in [6.45, 7) is 0.619. The SMILES string of the molecule is O=C(NCCC1=C([Se]c2cccc(F)c2)CCCC1)c1ccccn1. The molecule has 0 atom stereocenters. The van der Waals surface area contributed by atoms with Gasteiger partial charge in [0, 0.05) is 0 Å². The maximum absolute atomic E-state index is 13.4. The molecule has 3 rings (SSSR count). The Morgan fingerprint density at radius 1 is 1.16 bits per heavy atom. The van der Waals surface area contributed by atoms with E-state index in [4.69, 9.17) is 0 Å². The number of carbonyl (C=O) groups excluding carboxylic acids is 1. The molecular weight excluding hydrogens is 382 g/mol. The van der Waals surface area contributed by atoms with Crippen LogP contribution < -0.4 is 9.78 Å². The van der Waals surface area contributed by atoms with Gasteiger partial charge in [-0.15, -0.1) is 0 Å². The van der Waals surface area contributed by atoms with Gasteiger partial charge >= 0.3 is 154 Å². The molecule has 25 heavy (non-hydrogen) atoms. The van der Waals surface area contributed by atoms with E-state index in [1.54, 1.807) is 30.5 Å². The van der Waals surface area contributed by atoms with Crippen molar-refractivity contribution in [3.63, 3.8) is 0 Å². The molecule has 1 aliphatic rings. The third-order valence-corrected chi connectivity index (χ3v) is 6.75. The summed E-state index contributed by atoms with van der Waals surface area (Å²) in [7, 11) is 0. The minimum atomic E-state index is -0.167. The van der Waals surface area contributed by atoms with Crippen molar-refractivity contribution in [1.29, 1.82) is 0 Å². The van der Waals surface area contributed by atoms with Crippen molar-refractivity contribution in [2.24, 2.45) is 0 Å². The van der Waals surface area contributed by atoms with E-state index in [-0.39, 0.29) is 26.7 Å². The zero-order valence-electron chi connectivity index (χ0n) is 14.0. The van der Waals surface area contributed by atoms with E-state index in [9.17, 15) is 9.18 Å². The van der Waals surface area contributed by atoms with Crippen LogP contribution in [0.1, 0.15) is 42.6 Å². The van der Waals surface area contributed by atoms with Gasteiger partial charge in [-0.05, 0) is 0 Å². The van der Waals surface area contributed by atoms with Gasteiger partial charge in [-0.2, -0.15) is 0 Å². The summed E-state index contributed by atoms with van der Waals surface area (Å²) in [6, 6.07) is 12.2. The van der Waals surface area contributed by atoms with Gasteiger partial charge in [0.2, 0.25) is 0 Å². The van der Waals surface area contributed by atoms with Crippen molar-refractivity contribution in [3.8, 4) is 0 Å². The number of amides is 1. The van der Waals surface area contributed by atoms with Gasteiger partial charge in [-0.1, -0.05) is 0 Å². The maximum atomic E-state index is 13.4. The van der Waals surface area contributed by atoms with Crippen molar-refractivity contribution in [2.45, 2.75) is 32.1 Å². The fourth-order valence-electron chi connectivity index (χ4n) is 2.92. The van der Waals surface area contributed by atoms with Crippen molar-refractivity contribution in [3.05, 3.63) is 70.2 Å². The van der Waals surface area contributed by atoms with E-state index in [0.717, 1.165) is 23.7 Å². The number of rotatable bonds is 6. The molecule has 0 saturated heterocycles. The summed E-state index contributed by atoms with van der Waals surface area (Å²) in [5.74, 6) is -0.297. The van der Waals surface area contributed by atoms with E-state index < -0.39 is 0 Å². The van der Waals surface area contributed by atoms with E-state index in [2.05, 4.69) is 10.3 Å². The van der Waals surface area contributed by atoms with Gasteiger partial charge in [-0.25, -0.2) is 0 Å². The zero-order valence-corrected chi connectivity index (χ0v) is 15.7. The Bertz CT molecular complexity index is 761. The third kappa shape index (κ3) is 5.25. The van der Waals surface area contributed by atoms with E-state index >= 15 is 0 Å². The topological polar surface area (TPSA) is 42.0 Å². The molecule has 1 N–H and O–H groups in total. The number of aromatic nitrogens is 1. The molecule has 3 nitrogen and oxygen atoms in total. The normalized spacial score (nSPS) is 14.4. The molecule has 1 amide bonds. The van der Waals surface area contributed by atoms with Gasteiger partial charge in [-0.3, -0.25) is 0 Å². The molecule has 130 valence electrons. The summed E-state index contributed by atoms with van der Waals surface area (Å²) >= 11 is 0.169. The Morgan fingerprint density at radius 3 is 2.84 bits per heavy atom. The Labute approximate surface area is 153 Å². The van der Waals surface area contributed by atoms with Crippen LogP contribution in [0.4, 0.5) is 4.39 Å². The van der Waals surface area contributed by atoms with Crippen molar-refractivity contribution >= 4 is 25.3 Å². The predicted octanol–water partition coefficient (Wildman–Crippen LogP) is 3.20. The number of hydrogen-bond donors (Lipinski definition) is 1. The fourth-order valence-corrected chi connectivity index (χ4v) is 5.43. The number of benzene rings is 1. The summed E-state index contributed by atoms with van der Waals surface area (Å²) in [4.78, 5) is 16.1. The van der Waals surface area contributed by atoms with Crippen molar-refractivity contribution in [1.82, 2.24) is 10.3 Å². The molecule has 1 heterocycles. The van der Waals surface area contributed by atoms with Crippen LogP contribution >= 0.6 is 0 Å². The first kappa shape index (κ1) is 17.8. The van der Waals surface area contributed by atoms with Gasteiger partial charge in [0.05, 0.1) is 0 Å². The molecule has 1 aromatic heterocycles.